The van der Waals surface area contributed by atoms with Crippen molar-refractivity contribution in [3.63, 3.8) is 0 Å². The average molecular weight is 246 g/mol. The SMILES string of the molecule is CC(COCN(C)C)C1(C)SC(=O)NC1=O. The van der Waals surface area contributed by atoms with Crippen LogP contribution >= 0.6 is 11.8 Å². The lowest BCUT2D eigenvalue weighted by Gasteiger charge is -2.26. The number of hydrogen-bond donors (Lipinski definition) is 1. The molecule has 1 saturated heterocycles. The van der Waals surface area contributed by atoms with Gasteiger partial charge in [0.1, 0.15) is 4.75 Å². The lowest BCUT2D eigenvalue weighted by Crippen LogP contribution is -2.41. The molecule has 0 spiro atoms. The predicted molar refractivity (Wildman–Crippen MR) is 63.2 cm³/mol. The van der Waals surface area contributed by atoms with Crippen molar-refractivity contribution in [2.75, 3.05) is 27.4 Å². The van der Waals surface area contributed by atoms with Crippen LogP contribution in [0.4, 0.5) is 4.79 Å². The Balaban J connectivity index is 2.49. The molecule has 1 aliphatic rings. The second-order valence-electron chi connectivity index (χ2n) is 4.43. The van der Waals surface area contributed by atoms with E-state index in [2.05, 4.69) is 5.32 Å². The zero-order chi connectivity index (χ0) is 12.3. The van der Waals surface area contributed by atoms with Gasteiger partial charge in [-0.2, -0.15) is 0 Å². The number of ether oxygens (including phenoxy) is 1. The van der Waals surface area contributed by atoms with Gasteiger partial charge in [-0.05, 0) is 32.8 Å². The maximum Gasteiger partial charge on any atom is 0.286 e. The van der Waals surface area contributed by atoms with Crippen LogP contribution in [0, 0.1) is 5.92 Å². The molecule has 2 unspecified atom stereocenters. The molecule has 2 atom stereocenters. The largest absolute Gasteiger partial charge is 0.366 e. The highest BCUT2D eigenvalue weighted by molar-refractivity contribution is 8.16. The van der Waals surface area contributed by atoms with Crippen LogP contribution < -0.4 is 5.32 Å². The van der Waals surface area contributed by atoms with Crippen LogP contribution in [-0.4, -0.2) is 48.2 Å². The van der Waals surface area contributed by atoms with Crippen molar-refractivity contribution in [3.05, 3.63) is 0 Å². The summed E-state index contributed by atoms with van der Waals surface area (Å²) in [7, 11) is 3.82. The van der Waals surface area contributed by atoms with Gasteiger partial charge in [0.2, 0.25) is 5.91 Å². The Morgan fingerprint density at radius 1 is 1.50 bits per heavy atom. The van der Waals surface area contributed by atoms with Crippen LogP contribution in [0.15, 0.2) is 0 Å². The zero-order valence-electron chi connectivity index (χ0n) is 10.1. The molecule has 0 aliphatic carbocycles. The number of imide groups is 1. The molecule has 92 valence electrons. The van der Waals surface area contributed by atoms with Crippen molar-refractivity contribution in [1.82, 2.24) is 10.2 Å². The van der Waals surface area contributed by atoms with Gasteiger partial charge in [-0.1, -0.05) is 6.92 Å². The molecule has 2 amide bonds. The quantitative estimate of drug-likeness (QED) is 0.730. The number of amides is 2. The summed E-state index contributed by atoms with van der Waals surface area (Å²) in [5.41, 5.74) is 0. The van der Waals surface area contributed by atoms with Gasteiger partial charge in [0.15, 0.2) is 0 Å². The summed E-state index contributed by atoms with van der Waals surface area (Å²) in [5.74, 6) is -0.229. The Morgan fingerprint density at radius 3 is 2.56 bits per heavy atom. The number of carbonyl (C=O) groups is 2. The van der Waals surface area contributed by atoms with Gasteiger partial charge in [0.05, 0.1) is 13.3 Å². The van der Waals surface area contributed by atoms with Gasteiger partial charge in [-0.3, -0.25) is 19.8 Å². The van der Waals surface area contributed by atoms with Gasteiger partial charge in [0, 0.05) is 5.92 Å². The summed E-state index contributed by atoms with van der Waals surface area (Å²) in [6.45, 7) is 4.67. The predicted octanol–water partition coefficient (Wildman–Crippen LogP) is 0.900. The fraction of sp³-hybridized carbons (Fsp3) is 0.800. The summed E-state index contributed by atoms with van der Waals surface area (Å²) < 4.78 is 4.73. The van der Waals surface area contributed by atoms with E-state index in [4.69, 9.17) is 4.74 Å². The molecule has 1 rings (SSSR count). The van der Waals surface area contributed by atoms with E-state index in [1.165, 1.54) is 0 Å². The van der Waals surface area contributed by atoms with Crippen molar-refractivity contribution in [2.45, 2.75) is 18.6 Å². The molecule has 1 fully saturated rings. The van der Waals surface area contributed by atoms with Crippen LogP contribution in [0.5, 0.6) is 0 Å². The molecule has 6 heteroatoms. The fourth-order valence-corrected chi connectivity index (χ4v) is 2.32. The third-order valence-corrected chi connectivity index (χ3v) is 3.93. The molecule has 0 radical (unpaired) electrons. The van der Waals surface area contributed by atoms with E-state index >= 15 is 0 Å². The van der Waals surface area contributed by atoms with Crippen molar-refractivity contribution < 1.29 is 14.3 Å². The van der Waals surface area contributed by atoms with Crippen molar-refractivity contribution >= 4 is 22.9 Å². The first-order valence-corrected chi connectivity index (χ1v) is 5.95. The van der Waals surface area contributed by atoms with E-state index in [0.717, 1.165) is 11.8 Å². The molecule has 0 aromatic rings. The van der Waals surface area contributed by atoms with Crippen LogP contribution in [0.3, 0.4) is 0 Å². The number of thioether (sulfide) groups is 1. The number of hydrogen-bond acceptors (Lipinski definition) is 5. The molecule has 1 heterocycles. The molecule has 0 aromatic heterocycles. The minimum absolute atomic E-state index is 0.0103. The van der Waals surface area contributed by atoms with Crippen molar-refractivity contribution in [3.8, 4) is 0 Å². The average Bonchev–Trinajstić information content (AvgIpc) is 2.41. The Hall–Kier alpha value is -0.590. The molecule has 1 aliphatic heterocycles. The van der Waals surface area contributed by atoms with E-state index in [9.17, 15) is 9.59 Å². The summed E-state index contributed by atoms with van der Waals surface area (Å²) in [5, 5.41) is 2.04. The minimum atomic E-state index is -0.705. The standard InChI is InChI=1S/C10H18N2O3S/c1-7(5-15-6-12(3)4)10(2)8(13)11-9(14)16-10/h7H,5-6H2,1-4H3,(H,11,13,14). The molecule has 0 bridgehead atoms. The zero-order valence-corrected chi connectivity index (χ0v) is 10.9. The minimum Gasteiger partial charge on any atom is -0.366 e. The summed E-state index contributed by atoms with van der Waals surface area (Å²) >= 11 is 1.05. The maximum absolute atomic E-state index is 11.6. The van der Waals surface area contributed by atoms with E-state index in [0.29, 0.717) is 13.3 Å². The molecule has 0 aromatic carbocycles. The lowest BCUT2D eigenvalue weighted by molar-refractivity contribution is -0.123. The molecule has 1 N–H and O–H groups in total. The molecular formula is C10H18N2O3S. The topological polar surface area (TPSA) is 58.6 Å². The molecule has 16 heavy (non-hydrogen) atoms. The van der Waals surface area contributed by atoms with Crippen molar-refractivity contribution in [2.24, 2.45) is 5.92 Å². The highest BCUT2D eigenvalue weighted by Crippen LogP contribution is 2.38. The highest BCUT2D eigenvalue weighted by atomic mass is 32.2. The normalized spacial score (nSPS) is 27.3. The van der Waals surface area contributed by atoms with E-state index in [1.54, 1.807) is 6.92 Å². The van der Waals surface area contributed by atoms with Gasteiger partial charge in [-0.25, -0.2) is 0 Å². The second-order valence-corrected chi connectivity index (χ2v) is 5.85. The van der Waals surface area contributed by atoms with Crippen LogP contribution in [-0.2, 0) is 9.53 Å². The molecule has 0 saturated carbocycles. The van der Waals surface area contributed by atoms with Crippen molar-refractivity contribution in [1.29, 1.82) is 0 Å². The Morgan fingerprint density at radius 2 is 2.12 bits per heavy atom. The van der Waals surface area contributed by atoms with Crippen LogP contribution in [0.1, 0.15) is 13.8 Å². The van der Waals surface area contributed by atoms with Gasteiger partial charge in [-0.15, -0.1) is 0 Å². The fourth-order valence-electron chi connectivity index (χ4n) is 1.38. The summed E-state index contributed by atoms with van der Waals surface area (Å²) in [6.07, 6.45) is 0. The van der Waals surface area contributed by atoms with E-state index < -0.39 is 4.75 Å². The second kappa shape index (κ2) is 5.16. The Kier molecular flexibility index (Phi) is 4.35. The first-order chi connectivity index (χ1) is 7.36. The monoisotopic (exact) mass is 246 g/mol. The van der Waals surface area contributed by atoms with Crippen LogP contribution in [0.25, 0.3) is 0 Å². The summed E-state index contributed by atoms with van der Waals surface area (Å²) in [6, 6.07) is 0. The number of nitrogens with one attached hydrogen (secondary N) is 1. The highest BCUT2D eigenvalue weighted by Gasteiger charge is 2.47. The first-order valence-electron chi connectivity index (χ1n) is 5.13. The Bertz CT molecular complexity index is 296. The number of carbonyl (C=O) groups excluding carboxylic acids is 2. The third kappa shape index (κ3) is 2.96. The van der Waals surface area contributed by atoms with Crippen LogP contribution in [0.2, 0.25) is 0 Å². The first kappa shape index (κ1) is 13.5. The lowest BCUT2D eigenvalue weighted by atomic mass is 9.95. The molecular weight excluding hydrogens is 228 g/mol. The van der Waals surface area contributed by atoms with Gasteiger partial charge >= 0.3 is 0 Å². The number of rotatable bonds is 5. The van der Waals surface area contributed by atoms with E-state index in [-0.39, 0.29) is 17.1 Å². The third-order valence-electron chi connectivity index (χ3n) is 2.63. The van der Waals surface area contributed by atoms with Gasteiger partial charge < -0.3 is 4.74 Å². The maximum atomic E-state index is 11.6. The summed E-state index contributed by atoms with van der Waals surface area (Å²) in [4.78, 5) is 24.7. The number of nitrogens with zero attached hydrogens (tertiary/aromatic N) is 1. The van der Waals surface area contributed by atoms with E-state index in [1.807, 2.05) is 25.9 Å². The van der Waals surface area contributed by atoms with Gasteiger partial charge in [0.25, 0.3) is 5.24 Å². The molecule has 5 nitrogen and oxygen atoms in total. The Labute approximate surface area is 99.9 Å². The smallest absolute Gasteiger partial charge is 0.286 e.